The maximum Gasteiger partial charge on any atom is 0.326 e. The van der Waals surface area contributed by atoms with Gasteiger partial charge in [-0.2, -0.15) is 0 Å². The highest BCUT2D eigenvalue weighted by Gasteiger charge is 2.19. The smallest absolute Gasteiger partial charge is 0.326 e. The number of unbranched alkanes of at least 4 members (excludes halogenated alkanes) is 17. The molecule has 4 N–H and O–H groups in total. The van der Waals surface area contributed by atoms with E-state index in [1.165, 1.54) is 89.9 Å². The lowest BCUT2D eigenvalue weighted by molar-refractivity contribution is -0.147. The molecule has 7 heteroatoms. The van der Waals surface area contributed by atoms with Crippen molar-refractivity contribution in [2.75, 3.05) is 6.54 Å². The van der Waals surface area contributed by atoms with Crippen molar-refractivity contribution in [2.45, 2.75) is 206 Å². The maximum atomic E-state index is 12.7. The standard InChI is InChI=1S/C44H78N2O5/c1-3-5-7-9-11-12-13-14-15-16-17-18-19-20-21-22-24-26-32-38-43(48)51-40(34-29-25-23-10-8-6-4-2)35-30-27-28-31-37-42(47)46-41(44(49)50)36-33-39-45/h10-12,14-15,23,29,34,40-41H,3-9,13,16-22,24-28,30-33,35-39,45H2,1-2H3,(H,46,47)(H,49,50)/b12-11-,15-14-,23-10-,34-29-. The fraction of sp³-hybridized carbons (Fsp3) is 0.750. The predicted octanol–water partition coefficient (Wildman–Crippen LogP) is 11.6. The molecule has 0 aromatic heterocycles. The van der Waals surface area contributed by atoms with E-state index in [-0.39, 0.29) is 18.0 Å². The van der Waals surface area contributed by atoms with Crippen molar-refractivity contribution in [3.05, 3.63) is 48.6 Å². The molecule has 1 amide bonds. The SMILES string of the molecule is CCCC/C=C\C/C=C\C(CCCCCCC(=O)NC(CCCN)C(=O)O)OC(=O)CCCCCCCCCCC/C=C\C/C=C\CCCCC. The van der Waals surface area contributed by atoms with Crippen molar-refractivity contribution in [2.24, 2.45) is 5.73 Å². The molecule has 0 aliphatic heterocycles. The Kier molecular flexibility index (Phi) is 36.5. The number of hydrogen-bond acceptors (Lipinski definition) is 5. The van der Waals surface area contributed by atoms with Crippen LogP contribution in [0, 0.1) is 0 Å². The number of amides is 1. The Labute approximate surface area is 313 Å². The number of carbonyl (C=O) groups excluding carboxylic acids is 2. The number of carboxylic acid groups (broad SMARTS) is 1. The second-order valence-electron chi connectivity index (χ2n) is 14.0. The summed E-state index contributed by atoms with van der Waals surface area (Å²) in [5, 5.41) is 11.9. The summed E-state index contributed by atoms with van der Waals surface area (Å²) in [6, 6.07) is -0.875. The highest BCUT2D eigenvalue weighted by molar-refractivity contribution is 5.83. The van der Waals surface area contributed by atoms with Crippen molar-refractivity contribution in [1.82, 2.24) is 5.32 Å². The number of nitrogens with one attached hydrogen (secondary N) is 1. The summed E-state index contributed by atoms with van der Waals surface area (Å²) in [6.45, 7) is 4.84. The van der Waals surface area contributed by atoms with Crippen LogP contribution in [0.3, 0.4) is 0 Å². The van der Waals surface area contributed by atoms with Crippen LogP contribution >= 0.6 is 0 Å². The van der Waals surface area contributed by atoms with Crippen LogP contribution in [-0.2, 0) is 19.1 Å². The van der Waals surface area contributed by atoms with Gasteiger partial charge in [-0.25, -0.2) is 4.79 Å². The molecule has 0 aromatic rings. The Hall–Kier alpha value is -2.67. The van der Waals surface area contributed by atoms with Crippen LogP contribution in [0.5, 0.6) is 0 Å². The second kappa shape index (κ2) is 38.6. The summed E-state index contributed by atoms with van der Waals surface area (Å²) in [7, 11) is 0. The van der Waals surface area contributed by atoms with E-state index in [9.17, 15) is 19.5 Å². The molecule has 0 aromatic carbocycles. The van der Waals surface area contributed by atoms with Gasteiger partial charge in [-0.3, -0.25) is 9.59 Å². The van der Waals surface area contributed by atoms with Gasteiger partial charge in [-0.05, 0) is 96.1 Å². The van der Waals surface area contributed by atoms with Gasteiger partial charge in [0.15, 0.2) is 0 Å². The monoisotopic (exact) mass is 715 g/mol. The minimum absolute atomic E-state index is 0.112. The molecule has 0 radical (unpaired) electrons. The number of rotatable bonds is 37. The number of allylic oxidation sites excluding steroid dienone is 7. The number of nitrogens with two attached hydrogens (primary N) is 1. The Morgan fingerprint density at radius 1 is 0.588 bits per heavy atom. The lowest BCUT2D eigenvalue weighted by atomic mass is 10.1. The lowest BCUT2D eigenvalue weighted by Crippen LogP contribution is -2.40. The van der Waals surface area contributed by atoms with Gasteiger partial charge in [0.05, 0.1) is 0 Å². The maximum absolute atomic E-state index is 12.7. The first-order chi connectivity index (χ1) is 24.9. The van der Waals surface area contributed by atoms with Gasteiger partial charge in [-0.1, -0.05) is 140 Å². The van der Waals surface area contributed by atoms with Crippen molar-refractivity contribution < 1.29 is 24.2 Å². The molecular weight excluding hydrogens is 636 g/mol. The quantitative estimate of drug-likeness (QED) is 0.0335. The number of carbonyl (C=O) groups is 3. The van der Waals surface area contributed by atoms with E-state index in [4.69, 9.17) is 10.5 Å². The zero-order valence-electron chi connectivity index (χ0n) is 32.9. The Bertz CT molecular complexity index is 942. The molecule has 0 bridgehead atoms. The van der Waals surface area contributed by atoms with Gasteiger partial charge in [0.25, 0.3) is 0 Å². The van der Waals surface area contributed by atoms with E-state index < -0.39 is 12.0 Å². The van der Waals surface area contributed by atoms with E-state index >= 15 is 0 Å². The Balaban J connectivity index is 4.20. The van der Waals surface area contributed by atoms with Crippen LogP contribution < -0.4 is 11.1 Å². The summed E-state index contributed by atoms with van der Waals surface area (Å²) >= 11 is 0. The van der Waals surface area contributed by atoms with E-state index in [1.807, 2.05) is 6.08 Å². The molecule has 2 unspecified atom stereocenters. The first kappa shape index (κ1) is 48.3. The highest BCUT2D eigenvalue weighted by atomic mass is 16.5. The molecule has 7 nitrogen and oxygen atoms in total. The normalized spacial score (nSPS) is 13.2. The number of carboxylic acids is 1. The van der Waals surface area contributed by atoms with Crippen LogP contribution in [0.15, 0.2) is 48.6 Å². The number of hydrogen-bond donors (Lipinski definition) is 3. The summed E-state index contributed by atoms with van der Waals surface area (Å²) in [6.07, 6.45) is 46.1. The topological polar surface area (TPSA) is 119 Å². The van der Waals surface area contributed by atoms with Crippen molar-refractivity contribution in [1.29, 1.82) is 0 Å². The number of ether oxygens (including phenoxy) is 1. The fourth-order valence-electron chi connectivity index (χ4n) is 5.89. The highest BCUT2D eigenvalue weighted by Crippen LogP contribution is 2.15. The van der Waals surface area contributed by atoms with Crippen LogP contribution in [0.25, 0.3) is 0 Å². The molecule has 294 valence electrons. The van der Waals surface area contributed by atoms with Crippen molar-refractivity contribution >= 4 is 17.8 Å². The van der Waals surface area contributed by atoms with Gasteiger partial charge in [0, 0.05) is 12.8 Å². The van der Waals surface area contributed by atoms with Crippen molar-refractivity contribution in [3.63, 3.8) is 0 Å². The first-order valence-electron chi connectivity index (χ1n) is 21.0. The third-order valence-electron chi connectivity index (χ3n) is 9.10. The molecule has 0 saturated carbocycles. The summed E-state index contributed by atoms with van der Waals surface area (Å²) < 4.78 is 5.89. The zero-order valence-corrected chi connectivity index (χ0v) is 32.9. The summed E-state index contributed by atoms with van der Waals surface area (Å²) in [5.74, 6) is -1.36. The third kappa shape index (κ3) is 35.5. The van der Waals surface area contributed by atoms with Crippen LogP contribution in [0.2, 0.25) is 0 Å². The largest absolute Gasteiger partial charge is 0.480 e. The molecule has 0 heterocycles. The second-order valence-corrected chi connectivity index (χ2v) is 14.0. The van der Waals surface area contributed by atoms with E-state index in [0.29, 0.717) is 38.6 Å². The van der Waals surface area contributed by atoms with Gasteiger partial charge in [-0.15, -0.1) is 0 Å². The minimum Gasteiger partial charge on any atom is -0.480 e. The molecule has 0 rings (SSSR count). The van der Waals surface area contributed by atoms with E-state index in [1.54, 1.807) is 0 Å². The zero-order chi connectivity index (χ0) is 37.5. The summed E-state index contributed by atoms with van der Waals surface area (Å²) in [4.78, 5) is 36.2. The molecule has 51 heavy (non-hydrogen) atoms. The van der Waals surface area contributed by atoms with Gasteiger partial charge in [0.1, 0.15) is 12.1 Å². The third-order valence-corrected chi connectivity index (χ3v) is 9.10. The van der Waals surface area contributed by atoms with Crippen molar-refractivity contribution in [3.8, 4) is 0 Å². The van der Waals surface area contributed by atoms with Crippen LogP contribution in [0.1, 0.15) is 194 Å². The molecule has 0 saturated heterocycles. The molecule has 0 fully saturated rings. The van der Waals surface area contributed by atoms with Gasteiger partial charge >= 0.3 is 11.9 Å². The van der Waals surface area contributed by atoms with Gasteiger partial charge < -0.3 is 20.9 Å². The molecule has 0 aliphatic carbocycles. The predicted molar refractivity (Wildman–Crippen MR) is 216 cm³/mol. The minimum atomic E-state index is -1.02. The number of esters is 1. The molecule has 2 atom stereocenters. The number of aliphatic carboxylic acids is 1. The summed E-state index contributed by atoms with van der Waals surface area (Å²) in [5.41, 5.74) is 5.47. The fourth-order valence-corrected chi connectivity index (χ4v) is 5.89. The Morgan fingerprint density at radius 2 is 1.10 bits per heavy atom. The van der Waals surface area contributed by atoms with Crippen LogP contribution in [0.4, 0.5) is 0 Å². The molecule has 0 aliphatic rings. The Morgan fingerprint density at radius 3 is 1.69 bits per heavy atom. The average Bonchev–Trinajstić information content (AvgIpc) is 3.11. The van der Waals surface area contributed by atoms with E-state index in [0.717, 1.165) is 57.8 Å². The van der Waals surface area contributed by atoms with E-state index in [2.05, 4.69) is 61.7 Å². The van der Waals surface area contributed by atoms with Gasteiger partial charge in [0.2, 0.25) is 5.91 Å². The molecule has 0 spiro atoms. The first-order valence-corrected chi connectivity index (χ1v) is 21.0. The molecular formula is C44H78N2O5. The average molecular weight is 715 g/mol. The lowest BCUT2D eigenvalue weighted by Gasteiger charge is -2.15. The van der Waals surface area contributed by atoms with Crippen LogP contribution in [-0.4, -0.2) is 41.6 Å².